The molecule has 0 bridgehead atoms. The van der Waals surface area contributed by atoms with Crippen molar-refractivity contribution in [2.24, 2.45) is 5.73 Å². The Morgan fingerprint density at radius 1 is 1.38 bits per heavy atom. The van der Waals surface area contributed by atoms with E-state index in [1.54, 1.807) is 21.0 Å². The zero-order chi connectivity index (χ0) is 21.0. The van der Waals surface area contributed by atoms with E-state index in [-0.39, 0.29) is 18.1 Å². The molecule has 1 fully saturated rings. The van der Waals surface area contributed by atoms with Gasteiger partial charge in [-0.1, -0.05) is 6.07 Å². The first-order valence-corrected chi connectivity index (χ1v) is 9.84. The van der Waals surface area contributed by atoms with Gasteiger partial charge >= 0.3 is 5.97 Å². The van der Waals surface area contributed by atoms with Crippen LogP contribution in [0.4, 0.5) is 0 Å². The molecule has 7 heteroatoms. The van der Waals surface area contributed by atoms with Crippen molar-refractivity contribution in [3.8, 4) is 11.8 Å². The van der Waals surface area contributed by atoms with Gasteiger partial charge in [-0.3, -0.25) is 4.90 Å². The van der Waals surface area contributed by atoms with Crippen LogP contribution < -0.4 is 10.5 Å². The summed E-state index contributed by atoms with van der Waals surface area (Å²) < 4.78 is 16.3. The summed E-state index contributed by atoms with van der Waals surface area (Å²) in [6.07, 6.45) is 2.38. The predicted octanol–water partition coefficient (Wildman–Crippen LogP) is 2.94. The van der Waals surface area contributed by atoms with Crippen LogP contribution in [0.25, 0.3) is 0 Å². The Labute approximate surface area is 171 Å². The van der Waals surface area contributed by atoms with Gasteiger partial charge in [0.25, 0.3) is 0 Å². The molecule has 154 valence electrons. The van der Waals surface area contributed by atoms with Crippen LogP contribution >= 0.6 is 0 Å². The van der Waals surface area contributed by atoms with Gasteiger partial charge in [-0.25, -0.2) is 4.79 Å². The molecule has 1 aromatic rings. The Kier molecular flexibility index (Phi) is 6.45. The normalized spacial score (nSPS) is 19.7. The van der Waals surface area contributed by atoms with E-state index in [2.05, 4.69) is 11.0 Å². The van der Waals surface area contributed by atoms with E-state index < -0.39 is 11.9 Å². The first kappa shape index (κ1) is 20.7. The number of esters is 1. The lowest BCUT2D eigenvalue weighted by Gasteiger charge is -2.27. The minimum atomic E-state index is -0.643. The molecule has 0 spiro atoms. The lowest BCUT2D eigenvalue weighted by atomic mass is 9.82. The molecular weight excluding hydrogens is 370 g/mol. The van der Waals surface area contributed by atoms with Gasteiger partial charge in [0.1, 0.15) is 23.2 Å². The van der Waals surface area contributed by atoms with Crippen molar-refractivity contribution in [3.63, 3.8) is 0 Å². The summed E-state index contributed by atoms with van der Waals surface area (Å²) in [6.45, 7) is 6.48. The van der Waals surface area contributed by atoms with Gasteiger partial charge in [0.05, 0.1) is 25.2 Å². The molecular formula is C22H27N3O4. The number of ether oxygens (including phenoxy) is 3. The van der Waals surface area contributed by atoms with Crippen LogP contribution in [0, 0.1) is 11.3 Å². The molecule has 0 amide bonds. The second-order valence-corrected chi connectivity index (χ2v) is 7.17. The zero-order valence-corrected chi connectivity index (χ0v) is 17.2. The van der Waals surface area contributed by atoms with E-state index in [1.807, 2.05) is 18.2 Å². The Hall–Kier alpha value is -2.98. The van der Waals surface area contributed by atoms with E-state index >= 15 is 0 Å². The van der Waals surface area contributed by atoms with Crippen LogP contribution in [-0.2, 0) is 20.8 Å². The molecule has 0 aromatic heterocycles. The van der Waals surface area contributed by atoms with E-state index in [1.165, 1.54) is 12.8 Å². The van der Waals surface area contributed by atoms with Crippen LogP contribution in [-0.4, -0.2) is 37.7 Å². The number of nitriles is 1. The average molecular weight is 397 g/mol. The molecule has 29 heavy (non-hydrogen) atoms. The molecule has 0 aliphatic carbocycles. The van der Waals surface area contributed by atoms with E-state index in [0.29, 0.717) is 11.3 Å². The van der Waals surface area contributed by atoms with Gasteiger partial charge in [0.2, 0.25) is 5.88 Å². The van der Waals surface area contributed by atoms with Crippen molar-refractivity contribution >= 4 is 5.97 Å². The number of nitrogens with two attached hydrogens (primary N) is 1. The predicted molar refractivity (Wildman–Crippen MR) is 107 cm³/mol. The molecule has 7 nitrogen and oxygen atoms in total. The van der Waals surface area contributed by atoms with Crippen LogP contribution in [0.15, 0.2) is 41.0 Å². The summed E-state index contributed by atoms with van der Waals surface area (Å²) in [7, 11) is 1.64. The number of hydrogen-bond acceptors (Lipinski definition) is 7. The third-order valence-corrected chi connectivity index (χ3v) is 5.33. The SMILES string of the molecule is CCOC(=O)C1=C(C)OC(N)=C(C#N)C1c1ccc(OC)c(CN2CCCC2)c1. The highest BCUT2D eigenvalue weighted by atomic mass is 16.5. The van der Waals surface area contributed by atoms with Gasteiger partial charge in [-0.05, 0) is 57.5 Å². The fourth-order valence-corrected chi connectivity index (χ4v) is 3.97. The second kappa shape index (κ2) is 9.01. The number of methoxy groups -OCH3 is 1. The highest BCUT2D eigenvalue weighted by Crippen LogP contribution is 2.41. The quantitative estimate of drug-likeness (QED) is 0.737. The average Bonchev–Trinajstić information content (AvgIpc) is 3.20. The zero-order valence-electron chi connectivity index (χ0n) is 17.2. The van der Waals surface area contributed by atoms with Gasteiger partial charge in [-0.15, -0.1) is 0 Å². The van der Waals surface area contributed by atoms with E-state index in [9.17, 15) is 10.1 Å². The van der Waals surface area contributed by atoms with E-state index in [0.717, 1.165) is 36.5 Å². The van der Waals surface area contributed by atoms with Crippen LogP contribution in [0.2, 0.25) is 0 Å². The number of carbonyl (C=O) groups is 1. The van der Waals surface area contributed by atoms with Crippen LogP contribution in [0.1, 0.15) is 43.7 Å². The Morgan fingerprint density at radius 2 is 2.10 bits per heavy atom. The largest absolute Gasteiger partial charge is 0.496 e. The lowest BCUT2D eigenvalue weighted by molar-refractivity contribution is -0.139. The standard InChI is InChI=1S/C22H27N3O4/c1-4-28-22(26)19-14(2)29-21(24)17(12-23)20(19)15-7-8-18(27-3)16(11-15)13-25-9-5-6-10-25/h7-8,11,20H,4-6,9-10,13,24H2,1-3H3. The maximum absolute atomic E-state index is 12.7. The third kappa shape index (κ3) is 4.22. The number of hydrogen-bond donors (Lipinski definition) is 1. The molecule has 3 rings (SSSR count). The van der Waals surface area contributed by atoms with Crippen molar-refractivity contribution in [2.45, 2.75) is 39.2 Å². The lowest BCUT2D eigenvalue weighted by Crippen LogP contribution is -2.26. The second-order valence-electron chi connectivity index (χ2n) is 7.17. The van der Waals surface area contributed by atoms with Gasteiger partial charge in [0, 0.05) is 12.1 Å². The molecule has 2 aliphatic rings. The Bertz CT molecular complexity index is 892. The molecule has 2 N–H and O–H groups in total. The first-order valence-electron chi connectivity index (χ1n) is 9.84. The number of likely N-dealkylation sites (tertiary alicyclic amines) is 1. The highest BCUT2D eigenvalue weighted by Gasteiger charge is 2.36. The number of allylic oxidation sites excluding steroid dienone is 2. The van der Waals surface area contributed by atoms with Crippen molar-refractivity contribution in [1.82, 2.24) is 4.90 Å². The van der Waals surface area contributed by atoms with Gasteiger partial charge in [0.15, 0.2) is 0 Å². The summed E-state index contributed by atoms with van der Waals surface area (Å²) in [5.41, 5.74) is 8.28. The molecule has 1 atom stereocenters. The summed E-state index contributed by atoms with van der Waals surface area (Å²) in [5, 5.41) is 9.73. The molecule has 1 aromatic carbocycles. The molecule has 2 heterocycles. The fraction of sp³-hybridized carbons (Fsp3) is 0.455. The maximum Gasteiger partial charge on any atom is 0.338 e. The molecule has 0 saturated carbocycles. The smallest absolute Gasteiger partial charge is 0.338 e. The summed E-state index contributed by atoms with van der Waals surface area (Å²) in [6, 6.07) is 7.84. The molecule has 1 unspecified atom stereocenters. The monoisotopic (exact) mass is 397 g/mol. The molecule has 2 aliphatic heterocycles. The van der Waals surface area contributed by atoms with Crippen molar-refractivity contribution in [2.75, 3.05) is 26.8 Å². The number of carbonyl (C=O) groups excluding carboxylic acids is 1. The summed E-state index contributed by atoms with van der Waals surface area (Å²) in [5.74, 6) is -0.00781. The number of nitrogens with zero attached hydrogens (tertiary/aromatic N) is 2. The highest BCUT2D eigenvalue weighted by molar-refractivity contribution is 5.92. The van der Waals surface area contributed by atoms with Crippen molar-refractivity contribution in [3.05, 3.63) is 52.1 Å². The summed E-state index contributed by atoms with van der Waals surface area (Å²) in [4.78, 5) is 15.1. The van der Waals surface area contributed by atoms with E-state index in [4.69, 9.17) is 19.9 Å². The number of benzene rings is 1. The Balaban J connectivity index is 2.07. The minimum absolute atomic E-state index is 0.0139. The number of rotatable bonds is 6. The fourth-order valence-electron chi connectivity index (χ4n) is 3.97. The maximum atomic E-state index is 12.7. The Morgan fingerprint density at radius 3 is 2.72 bits per heavy atom. The first-order chi connectivity index (χ1) is 14.0. The third-order valence-electron chi connectivity index (χ3n) is 5.33. The van der Waals surface area contributed by atoms with Crippen LogP contribution in [0.3, 0.4) is 0 Å². The van der Waals surface area contributed by atoms with Gasteiger partial charge < -0.3 is 19.9 Å². The topological polar surface area (TPSA) is 97.8 Å². The van der Waals surface area contributed by atoms with Crippen molar-refractivity contribution < 1.29 is 19.0 Å². The molecule has 1 saturated heterocycles. The summed E-state index contributed by atoms with van der Waals surface area (Å²) >= 11 is 0. The molecule has 0 radical (unpaired) electrons. The van der Waals surface area contributed by atoms with Gasteiger partial charge in [-0.2, -0.15) is 5.26 Å². The van der Waals surface area contributed by atoms with Crippen molar-refractivity contribution in [1.29, 1.82) is 5.26 Å². The minimum Gasteiger partial charge on any atom is -0.496 e. The van der Waals surface area contributed by atoms with Crippen LogP contribution in [0.5, 0.6) is 5.75 Å².